The third-order valence-electron chi connectivity index (χ3n) is 3.89. The van der Waals surface area contributed by atoms with Gasteiger partial charge >= 0.3 is 5.97 Å². The van der Waals surface area contributed by atoms with Crippen molar-refractivity contribution >= 4 is 17.0 Å². The van der Waals surface area contributed by atoms with Crippen molar-refractivity contribution in [3.63, 3.8) is 0 Å². The van der Waals surface area contributed by atoms with Crippen LogP contribution in [0.15, 0.2) is 18.2 Å². The highest BCUT2D eigenvalue weighted by Crippen LogP contribution is 2.56. The lowest BCUT2D eigenvalue weighted by Gasteiger charge is -2.09. The largest absolute Gasteiger partial charge is 0.478 e. The first-order chi connectivity index (χ1) is 8.40. The lowest BCUT2D eigenvalue weighted by atomic mass is 10.1. The maximum absolute atomic E-state index is 11.0. The summed E-state index contributed by atoms with van der Waals surface area (Å²) in [5.41, 5.74) is 2.42. The van der Waals surface area contributed by atoms with Crippen molar-refractivity contribution in [3.8, 4) is 0 Å². The topological polar surface area (TPSA) is 55.1 Å². The number of carboxylic acid groups (broad SMARTS) is 1. The van der Waals surface area contributed by atoms with Crippen LogP contribution in [-0.2, 0) is 0 Å². The van der Waals surface area contributed by atoms with E-state index in [-0.39, 0.29) is 5.41 Å². The quantitative estimate of drug-likeness (QED) is 0.883. The van der Waals surface area contributed by atoms with Gasteiger partial charge in [-0.1, -0.05) is 13.8 Å². The first-order valence-corrected chi connectivity index (χ1v) is 6.12. The summed E-state index contributed by atoms with van der Waals surface area (Å²) in [5.74, 6) is 0.0699. The second-order valence-corrected chi connectivity index (χ2v) is 5.75. The highest BCUT2D eigenvalue weighted by molar-refractivity contribution is 5.92. The molecule has 0 spiro atoms. The fourth-order valence-electron chi connectivity index (χ4n) is 2.62. The average molecular weight is 244 g/mol. The third kappa shape index (κ3) is 1.52. The Kier molecular flexibility index (Phi) is 2.09. The summed E-state index contributed by atoms with van der Waals surface area (Å²) >= 11 is 0. The van der Waals surface area contributed by atoms with E-state index >= 15 is 0 Å². The minimum absolute atomic E-state index is 0.289. The molecule has 3 rings (SSSR count). The van der Waals surface area contributed by atoms with Crippen LogP contribution in [0.4, 0.5) is 0 Å². The smallest absolute Gasteiger partial charge is 0.335 e. The molecule has 1 N–H and O–H groups in total. The number of hydrogen-bond acceptors (Lipinski definition) is 2. The monoisotopic (exact) mass is 244 g/mol. The van der Waals surface area contributed by atoms with Gasteiger partial charge in [-0.25, -0.2) is 9.78 Å². The maximum Gasteiger partial charge on any atom is 0.335 e. The molecule has 1 unspecified atom stereocenters. The van der Waals surface area contributed by atoms with Crippen LogP contribution in [0.1, 0.15) is 42.5 Å². The molecule has 0 saturated heterocycles. The van der Waals surface area contributed by atoms with E-state index in [4.69, 9.17) is 5.11 Å². The zero-order valence-electron chi connectivity index (χ0n) is 10.8. The summed E-state index contributed by atoms with van der Waals surface area (Å²) in [4.78, 5) is 15.6. The van der Waals surface area contributed by atoms with E-state index in [1.54, 1.807) is 18.2 Å². The number of carbonyl (C=O) groups is 1. The summed E-state index contributed by atoms with van der Waals surface area (Å²) in [6.07, 6.45) is 1.12. The first-order valence-electron chi connectivity index (χ1n) is 6.12. The van der Waals surface area contributed by atoms with Gasteiger partial charge in [-0.05, 0) is 37.0 Å². The van der Waals surface area contributed by atoms with E-state index in [1.807, 2.05) is 6.92 Å². The molecule has 1 heterocycles. The number of aromatic nitrogens is 2. The van der Waals surface area contributed by atoms with Crippen LogP contribution >= 0.6 is 0 Å². The molecule has 1 aliphatic rings. The Balaban J connectivity index is 2.21. The predicted molar refractivity (Wildman–Crippen MR) is 68.9 cm³/mol. The summed E-state index contributed by atoms with van der Waals surface area (Å²) in [6, 6.07) is 5.56. The average Bonchev–Trinajstić information content (AvgIpc) is 2.77. The van der Waals surface area contributed by atoms with Crippen LogP contribution in [0.2, 0.25) is 0 Å². The normalized spacial score (nSPS) is 21.2. The molecule has 1 aromatic heterocycles. The van der Waals surface area contributed by atoms with Crippen molar-refractivity contribution in [2.24, 2.45) is 5.41 Å². The first kappa shape index (κ1) is 11.3. The molecule has 1 aliphatic carbocycles. The number of nitrogens with zero attached hydrogens (tertiary/aromatic N) is 2. The second-order valence-electron chi connectivity index (χ2n) is 5.75. The Morgan fingerprint density at radius 1 is 1.50 bits per heavy atom. The number of aromatic carboxylic acids is 1. The highest BCUT2D eigenvalue weighted by atomic mass is 16.4. The molecule has 0 radical (unpaired) electrons. The van der Waals surface area contributed by atoms with Gasteiger partial charge < -0.3 is 9.67 Å². The van der Waals surface area contributed by atoms with Crippen molar-refractivity contribution < 1.29 is 9.90 Å². The number of aryl methyl sites for hydroxylation is 1. The number of imidazole rings is 1. The summed E-state index contributed by atoms with van der Waals surface area (Å²) in [7, 11) is 0. The van der Waals surface area contributed by atoms with Gasteiger partial charge in [-0.3, -0.25) is 0 Å². The van der Waals surface area contributed by atoms with E-state index in [1.165, 1.54) is 0 Å². The number of fused-ring (bicyclic) bond motifs is 1. The molecule has 94 valence electrons. The summed E-state index contributed by atoms with van der Waals surface area (Å²) < 4.78 is 2.18. The Morgan fingerprint density at radius 3 is 2.72 bits per heavy atom. The van der Waals surface area contributed by atoms with Gasteiger partial charge in [0.05, 0.1) is 16.6 Å². The highest BCUT2D eigenvalue weighted by Gasteiger charge is 2.48. The van der Waals surface area contributed by atoms with E-state index in [9.17, 15) is 4.79 Å². The summed E-state index contributed by atoms with van der Waals surface area (Å²) in [6.45, 7) is 6.43. The Bertz CT molecular complexity index is 655. The zero-order valence-corrected chi connectivity index (χ0v) is 10.8. The molecule has 0 bridgehead atoms. The van der Waals surface area contributed by atoms with Gasteiger partial charge in [-0.15, -0.1) is 0 Å². The molecular weight excluding hydrogens is 228 g/mol. The van der Waals surface area contributed by atoms with Crippen LogP contribution in [0.5, 0.6) is 0 Å². The van der Waals surface area contributed by atoms with Gasteiger partial charge in [0.2, 0.25) is 0 Å². The molecule has 1 fully saturated rings. The number of carboxylic acids is 1. The van der Waals surface area contributed by atoms with Crippen molar-refractivity contribution in [2.75, 3.05) is 0 Å². The van der Waals surface area contributed by atoms with Gasteiger partial charge in [-0.2, -0.15) is 0 Å². The molecule has 4 heteroatoms. The van der Waals surface area contributed by atoms with Crippen molar-refractivity contribution in [1.82, 2.24) is 9.55 Å². The number of benzene rings is 1. The second kappa shape index (κ2) is 3.34. The van der Waals surface area contributed by atoms with Crippen molar-refractivity contribution in [1.29, 1.82) is 0 Å². The Hall–Kier alpha value is -1.84. The standard InChI is InChI=1S/C14H16N2O2/c1-8-15-10-5-4-9(13(17)18)6-11(10)16(8)12-7-14(12,2)3/h4-6,12H,7H2,1-3H3,(H,17,18). The van der Waals surface area contributed by atoms with Gasteiger partial charge in [0.25, 0.3) is 0 Å². The maximum atomic E-state index is 11.0. The van der Waals surface area contributed by atoms with Crippen molar-refractivity contribution in [2.45, 2.75) is 33.2 Å². The molecule has 1 saturated carbocycles. The van der Waals surface area contributed by atoms with Crippen LogP contribution in [0, 0.1) is 12.3 Å². The fraction of sp³-hybridized carbons (Fsp3) is 0.429. The minimum Gasteiger partial charge on any atom is -0.478 e. The van der Waals surface area contributed by atoms with E-state index in [2.05, 4.69) is 23.4 Å². The Morgan fingerprint density at radius 2 is 2.17 bits per heavy atom. The Labute approximate surface area is 105 Å². The molecule has 1 atom stereocenters. The van der Waals surface area contributed by atoms with Crippen LogP contribution in [0.25, 0.3) is 11.0 Å². The van der Waals surface area contributed by atoms with Crippen LogP contribution in [0.3, 0.4) is 0 Å². The third-order valence-corrected chi connectivity index (χ3v) is 3.89. The minimum atomic E-state index is -0.891. The number of rotatable bonds is 2. The molecule has 4 nitrogen and oxygen atoms in total. The molecule has 1 aromatic carbocycles. The molecule has 2 aromatic rings. The van der Waals surface area contributed by atoms with Crippen LogP contribution < -0.4 is 0 Å². The van der Waals surface area contributed by atoms with Crippen molar-refractivity contribution in [3.05, 3.63) is 29.6 Å². The lowest BCUT2D eigenvalue weighted by Crippen LogP contribution is -2.03. The summed E-state index contributed by atoms with van der Waals surface area (Å²) in [5, 5.41) is 9.07. The van der Waals surface area contributed by atoms with Crippen LogP contribution in [-0.4, -0.2) is 20.6 Å². The number of hydrogen-bond donors (Lipinski definition) is 1. The van der Waals surface area contributed by atoms with E-state index in [0.717, 1.165) is 23.3 Å². The zero-order chi connectivity index (χ0) is 13.1. The predicted octanol–water partition coefficient (Wildman–Crippen LogP) is 3.01. The fourth-order valence-corrected chi connectivity index (χ4v) is 2.62. The van der Waals surface area contributed by atoms with Gasteiger partial charge in [0.15, 0.2) is 0 Å². The van der Waals surface area contributed by atoms with E-state index < -0.39 is 5.97 Å². The molecule has 0 aliphatic heterocycles. The van der Waals surface area contributed by atoms with Gasteiger partial charge in [0, 0.05) is 6.04 Å². The SMILES string of the molecule is Cc1nc2ccc(C(=O)O)cc2n1C1CC1(C)C. The molecule has 0 amide bonds. The van der Waals surface area contributed by atoms with Gasteiger partial charge in [0.1, 0.15) is 5.82 Å². The lowest BCUT2D eigenvalue weighted by molar-refractivity contribution is 0.0697. The molecular formula is C14H16N2O2. The van der Waals surface area contributed by atoms with E-state index in [0.29, 0.717) is 11.6 Å². The molecule has 18 heavy (non-hydrogen) atoms.